The Morgan fingerprint density at radius 1 is 1.07 bits per heavy atom. The number of rotatable bonds is 5. The third-order valence-electron chi connectivity index (χ3n) is 4.67. The average Bonchev–Trinajstić information content (AvgIpc) is 3.26. The molecule has 7 nitrogen and oxygen atoms in total. The Morgan fingerprint density at radius 3 is 2.34 bits per heavy atom. The highest BCUT2D eigenvalue weighted by atomic mass is 32.1. The Labute approximate surface area is 174 Å². The van der Waals surface area contributed by atoms with Crippen LogP contribution < -0.4 is 15.6 Å². The van der Waals surface area contributed by atoms with Gasteiger partial charge >= 0.3 is 0 Å². The predicted molar refractivity (Wildman–Crippen MR) is 111 cm³/mol. The van der Waals surface area contributed by atoms with Gasteiger partial charge in [0, 0.05) is 24.6 Å². The Bertz CT molecular complexity index is 841. The molecule has 1 saturated heterocycles. The quantitative estimate of drug-likeness (QED) is 0.735. The Morgan fingerprint density at radius 2 is 1.76 bits per heavy atom. The van der Waals surface area contributed by atoms with Crippen molar-refractivity contribution in [3.63, 3.8) is 0 Å². The van der Waals surface area contributed by atoms with Gasteiger partial charge in [0.1, 0.15) is 5.75 Å². The van der Waals surface area contributed by atoms with Gasteiger partial charge in [-0.05, 0) is 62.4 Å². The summed E-state index contributed by atoms with van der Waals surface area (Å²) >= 11 is 1.42. The number of amides is 3. The summed E-state index contributed by atoms with van der Waals surface area (Å²) in [4.78, 5) is 39.4. The topological polar surface area (TPSA) is 87.7 Å². The molecule has 0 unspecified atom stereocenters. The highest BCUT2D eigenvalue weighted by molar-refractivity contribution is 7.12. The number of benzene rings is 1. The maximum absolute atomic E-state index is 12.4. The zero-order valence-electron chi connectivity index (χ0n) is 16.5. The first-order valence-electron chi connectivity index (χ1n) is 9.63. The molecule has 29 heavy (non-hydrogen) atoms. The van der Waals surface area contributed by atoms with Crippen molar-refractivity contribution in [1.29, 1.82) is 0 Å². The molecule has 0 bridgehead atoms. The number of hydrogen-bond donors (Lipinski definition) is 2. The molecule has 1 fully saturated rings. The first-order chi connectivity index (χ1) is 13.9. The van der Waals surface area contributed by atoms with Crippen LogP contribution in [0.1, 0.15) is 46.7 Å². The Balaban J connectivity index is 1.44. The zero-order chi connectivity index (χ0) is 20.8. The summed E-state index contributed by atoms with van der Waals surface area (Å²) in [6, 6.07) is 10.4. The average molecular weight is 416 g/mol. The summed E-state index contributed by atoms with van der Waals surface area (Å²) in [6.07, 6.45) is 1.20. The second kappa shape index (κ2) is 9.56. The second-order valence-corrected chi connectivity index (χ2v) is 8.13. The maximum atomic E-state index is 12.4. The van der Waals surface area contributed by atoms with E-state index in [2.05, 4.69) is 10.9 Å². The maximum Gasteiger partial charge on any atom is 0.269 e. The molecule has 1 aliphatic rings. The minimum absolute atomic E-state index is 0.0112. The van der Waals surface area contributed by atoms with E-state index in [1.165, 1.54) is 11.3 Å². The van der Waals surface area contributed by atoms with Gasteiger partial charge in [-0.1, -0.05) is 6.07 Å². The molecule has 154 valence electrons. The number of hydrazine groups is 1. The third kappa shape index (κ3) is 5.57. The minimum Gasteiger partial charge on any atom is -0.491 e. The van der Waals surface area contributed by atoms with Gasteiger partial charge in [0.15, 0.2) is 0 Å². The normalized spacial score (nSPS) is 14.5. The van der Waals surface area contributed by atoms with Crippen LogP contribution in [0.5, 0.6) is 5.75 Å². The summed E-state index contributed by atoms with van der Waals surface area (Å²) in [6.45, 7) is 4.91. The lowest BCUT2D eigenvalue weighted by Crippen LogP contribution is -2.48. The molecule has 2 aromatic rings. The number of likely N-dealkylation sites (tertiary alicyclic amines) is 1. The minimum atomic E-state index is -0.389. The number of nitrogens with zero attached hydrogens (tertiary/aromatic N) is 1. The molecule has 0 aliphatic carbocycles. The van der Waals surface area contributed by atoms with Gasteiger partial charge in [-0.3, -0.25) is 25.2 Å². The highest BCUT2D eigenvalue weighted by Crippen LogP contribution is 2.21. The van der Waals surface area contributed by atoms with E-state index < -0.39 is 0 Å². The lowest BCUT2D eigenvalue weighted by atomic mass is 9.96. The van der Waals surface area contributed by atoms with Crippen molar-refractivity contribution >= 4 is 29.1 Å². The van der Waals surface area contributed by atoms with E-state index in [1.54, 1.807) is 29.2 Å². The lowest BCUT2D eigenvalue weighted by molar-refractivity contribution is -0.127. The van der Waals surface area contributed by atoms with Crippen molar-refractivity contribution in [1.82, 2.24) is 15.8 Å². The molecular weight excluding hydrogens is 390 g/mol. The highest BCUT2D eigenvalue weighted by Gasteiger charge is 2.28. The largest absolute Gasteiger partial charge is 0.491 e. The molecule has 0 atom stereocenters. The molecule has 3 amide bonds. The van der Waals surface area contributed by atoms with Crippen LogP contribution in [0, 0.1) is 5.92 Å². The van der Waals surface area contributed by atoms with Crippen LogP contribution in [0.2, 0.25) is 0 Å². The standard InChI is InChI=1S/C21H25N3O4S/c1-14(2)28-17-7-5-15(6-8-17)19(25)22-23-20(26)16-9-11-24(12-10-16)21(27)18-4-3-13-29-18/h3-8,13-14,16H,9-12H2,1-2H3,(H,22,25)(H,23,26). The molecular formula is C21H25N3O4S. The van der Waals surface area contributed by atoms with Gasteiger partial charge in [0.2, 0.25) is 5.91 Å². The molecule has 8 heteroatoms. The summed E-state index contributed by atoms with van der Waals surface area (Å²) in [7, 11) is 0. The summed E-state index contributed by atoms with van der Waals surface area (Å²) in [5, 5.41) is 1.88. The lowest BCUT2D eigenvalue weighted by Gasteiger charge is -2.31. The van der Waals surface area contributed by atoms with Crippen LogP contribution in [-0.2, 0) is 4.79 Å². The van der Waals surface area contributed by atoms with Crippen LogP contribution >= 0.6 is 11.3 Å². The molecule has 2 heterocycles. The van der Waals surface area contributed by atoms with Crippen LogP contribution in [0.3, 0.4) is 0 Å². The molecule has 0 spiro atoms. The van der Waals surface area contributed by atoms with Crippen molar-refractivity contribution in [2.45, 2.75) is 32.8 Å². The predicted octanol–water partition coefficient (Wildman–Crippen LogP) is 2.85. The van der Waals surface area contributed by atoms with Crippen LogP contribution in [0.4, 0.5) is 0 Å². The van der Waals surface area contributed by atoms with Gasteiger partial charge in [-0.25, -0.2) is 0 Å². The number of thiophene rings is 1. The number of piperidine rings is 1. The van der Waals surface area contributed by atoms with E-state index in [0.29, 0.717) is 42.1 Å². The van der Waals surface area contributed by atoms with E-state index in [0.717, 1.165) is 0 Å². The van der Waals surface area contributed by atoms with E-state index >= 15 is 0 Å². The van der Waals surface area contributed by atoms with E-state index in [9.17, 15) is 14.4 Å². The molecule has 1 aromatic heterocycles. The fraction of sp³-hybridized carbons (Fsp3) is 0.381. The third-order valence-corrected chi connectivity index (χ3v) is 5.53. The van der Waals surface area contributed by atoms with Gasteiger partial charge in [0.25, 0.3) is 11.8 Å². The Hall–Kier alpha value is -2.87. The Kier molecular flexibility index (Phi) is 6.87. The monoisotopic (exact) mass is 415 g/mol. The first kappa shape index (κ1) is 20.9. The summed E-state index contributed by atoms with van der Waals surface area (Å²) in [5.74, 6) is -0.160. The van der Waals surface area contributed by atoms with Crippen molar-refractivity contribution in [2.24, 2.45) is 5.92 Å². The van der Waals surface area contributed by atoms with Gasteiger partial charge in [-0.15, -0.1) is 11.3 Å². The SMILES string of the molecule is CC(C)Oc1ccc(C(=O)NNC(=O)C2CCN(C(=O)c3cccs3)CC2)cc1. The number of nitrogens with one attached hydrogen (secondary N) is 2. The number of carbonyl (C=O) groups excluding carboxylic acids is 3. The number of carbonyl (C=O) groups is 3. The van der Waals surface area contributed by atoms with Gasteiger partial charge in [-0.2, -0.15) is 0 Å². The van der Waals surface area contributed by atoms with Crippen molar-refractivity contribution in [3.8, 4) is 5.75 Å². The first-order valence-corrected chi connectivity index (χ1v) is 10.5. The summed E-state index contributed by atoms with van der Waals surface area (Å²) in [5.41, 5.74) is 5.38. The zero-order valence-corrected chi connectivity index (χ0v) is 17.3. The van der Waals surface area contributed by atoms with E-state index in [-0.39, 0.29) is 29.7 Å². The second-order valence-electron chi connectivity index (χ2n) is 7.18. The number of ether oxygens (including phenoxy) is 1. The van der Waals surface area contributed by atoms with Crippen LogP contribution in [0.15, 0.2) is 41.8 Å². The molecule has 1 aliphatic heterocycles. The van der Waals surface area contributed by atoms with Crippen LogP contribution in [-0.4, -0.2) is 41.8 Å². The number of hydrogen-bond acceptors (Lipinski definition) is 5. The molecule has 2 N–H and O–H groups in total. The molecule has 3 rings (SSSR count). The van der Waals surface area contributed by atoms with Crippen molar-refractivity contribution in [2.75, 3.05) is 13.1 Å². The van der Waals surface area contributed by atoms with Crippen molar-refractivity contribution in [3.05, 3.63) is 52.2 Å². The molecule has 0 saturated carbocycles. The van der Waals surface area contributed by atoms with E-state index in [1.807, 2.05) is 31.4 Å². The van der Waals surface area contributed by atoms with Crippen LogP contribution in [0.25, 0.3) is 0 Å². The molecule has 0 radical (unpaired) electrons. The van der Waals surface area contributed by atoms with Gasteiger partial charge < -0.3 is 9.64 Å². The summed E-state index contributed by atoms with van der Waals surface area (Å²) < 4.78 is 5.55. The fourth-order valence-electron chi connectivity index (χ4n) is 3.15. The smallest absolute Gasteiger partial charge is 0.269 e. The van der Waals surface area contributed by atoms with E-state index in [4.69, 9.17) is 4.74 Å². The van der Waals surface area contributed by atoms with Gasteiger partial charge in [0.05, 0.1) is 11.0 Å². The molecule has 1 aromatic carbocycles. The fourth-order valence-corrected chi connectivity index (χ4v) is 3.84. The van der Waals surface area contributed by atoms with Crippen molar-refractivity contribution < 1.29 is 19.1 Å².